The number of hydrogen-bond acceptors (Lipinski definition) is 3. The third-order valence-corrected chi connectivity index (χ3v) is 3.29. The molecule has 1 aromatic rings. The molecule has 1 rings (SSSR count). The molecule has 0 bridgehead atoms. The van der Waals surface area contributed by atoms with Crippen molar-refractivity contribution in [1.29, 1.82) is 0 Å². The van der Waals surface area contributed by atoms with E-state index in [1.165, 1.54) is 0 Å². The van der Waals surface area contributed by atoms with Crippen LogP contribution in [0, 0.1) is 5.41 Å². The Morgan fingerprint density at radius 1 is 1.40 bits per heavy atom. The SMILES string of the molecule is Cn1cc(C(C)(O)CNC(=O)CCCC(C)(C)C)cn1. The van der Waals surface area contributed by atoms with Gasteiger partial charge in [-0.05, 0) is 25.2 Å². The van der Waals surface area contributed by atoms with E-state index in [0.29, 0.717) is 12.0 Å². The maximum atomic E-state index is 11.8. The fourth-order valence-corrected chi connectivity index (χ4v) is 1.94. The lowest BCUT2D eigenvalue weighted by atomic mass is 9.90. The highest BCUT2D eigenvalue weighted by atomic mass is 16.3. The van der Waals surface area contributed by atoms with E-state index < -0.39 is 5.60 Å². The van der Waals surface area contributed by atoms with Crippen LogP contribution in [-0.2, 0) is 17.4 Å². The van der Waals surface area contributed by atoms with E-state index >= 15 is 0 Å². The molecule has 1 amide bonds. The molecular weight excluding hydrogens is 254 g/mol. The average molecular weight is 281 g/mol. The van der Waals surface area contributed by atoms with Crippen LogP contribution >= 0.6 is 0 Å². The van der Waals surface area contributed by atoms with Gasteiger partial charge in [0.2, 0.25) is 5.91 Å². The molecular formula is C15H27N3O2. The Kier molecular flexibility index (Phi) is 5.34. The van der Waals surface area contributed by atoms with Gasteiger partial charge in [-0.3, -0.25) is 9.48 Å². The highest BCUT2D eigenvalue weighted by Gasteiger charge is 2.25. The number of aliphatic hydroxyl groups is 1. The van der Waals surface area contributed by atoms with Gasteiger partial charge in [0, 0.05) is 25.2 Å². The van der Waals surface area contributed by atoms with Crippen molar-refractivity contribution in [3.05, 3.63) is 18.0 Å². The summed E-state index contributed by atoms with van der Waals surface area (Å²) in [6, 6.07) is 0. The molecule has 1 atom stereocenters. The second-order valence-corrected chi connectivity index (χ2v) is 6.87. The molecule has 20 heavy (non-hydrogen) atoms. The van der Waals surface area contributed by atoms with Crippen LogP contribution in [0.4, 0.5) is 0 Å². The van der Waals surface area contributed by atoms with Crippen molar-refractivity contribution >= 4 is 5.91 Å². The van der Waals surface area contributed by atoms with Crippen LogP contribution in [0.3, 0.4) is 0 Å². The molecule has 0 saturated carbocycles. The van der Waals surface area contributed by atoms with Crippen molar-refractivity contribution in [2.45, 2.75) is 52.6 Å². The lowest BCUT2D eigenvalue weighted by Crippen LogP contribution is -2.38. The first kappa shape index (κ1) is 16.7. The molecule has 1 unspecified atom stereocenters. The smallest absolute Gasteiger partial charge is 0.220 e. The van der Waals surface area contributed by atoms with Gasteiger partial charge in [0.15, 0.2) is 0 Å². The molecule has 0 saturated heterocycles. The van der Waals surface area contributed by atoms with Crippen molar-refractivity contribution in [2.24, 2.45) is 12.5 Å². The minimum Gasteiger partial charge on any atom is -0.383 e. The Hall–Kier alpha value is -1.36. The molecule has 5 nitrogen and oxygen atoms in total. The first-order chi connectivity index (χ1) is 9.10. The molecule has 0 aliphatic carbocycles. The number of rotatable bonds is 6. The summed E-state index contributed by atoms with van der Waals surface area (Å²) in [5.41, 5.74) is -0.134. The minimum absolute atomic E-state index is 0.0154. The van der Waals surface area contributed by atoms with Gasteiger partial charge in [-0.25, -0.2) is 0 Å². The van der Waals surface area contributed by atoms with Crippen molar-refractivity contribution in [3.63, 3.8) is 0 Å². The standard InChI is InChI=1S/C15H27N3O2/c1-14(2,3)8-6-7-13(19)16-11-15(4,20)12-9-17-18(5)10-12/h9-10,20H,6-8,11H2,1-5H3,(H,16,19). The highest BCUT2D eigenvalue weighted by Crippen LogP contribution is 2.22. The predicted molar refractivity (Wildman–Crippen MR) is 79.1 cm³/mol. The average Bonchev–Trinajstić information content (AvgIpc) is 2.72. The topological polar surface area (TPSA) is 67.2 Å². The minimum atomic E-state index is -1.09. The third-order valence-electron chi connectivity index (χ3n) is 3.29. The van der Waals surface area contributed by atoms with Crippen molar-refractivity contribution in [3.8, 4) is 0 Å². The van der Waals surface area contributed by atoms with E-state index in [2.05, 4.69) is 31.2 Å². The molecule has 2 N–H and O–H groups in total. The number of hydrogen-bond donors (Lipinski definition) is 2. The summed E-state index contributed by atoms with van der Waals surface area (Å²) in [7, 11) is 1.80. The fraction of sp³-hybridized carbons (Fsp3) is 0.733. The predicted octanol–water partition coefficient (Wildman–Crippen LogP) is 1.96. The van der Waals surface area contributed by atoms with Crippen molar-refractivity contribution < 1.29 is 9.90 Å². The normalized spacial score (nSPS) is 14.9. The summed E-state index contributed by atoms with van der Waals surface area (Å²) >= 11 is 0. The van der Waals surface area contributed by atoms with Gasteiger partial charge in [0.05, 0.1) is 12.7 Å². The second kappa shape index (κ2) is 6.39. The van der Waals surface area contributed by atoms with Crippen LogP contribution in [0.2, 0.25) is 0 Å². The Balaban J connectivity index is 2.37. The monoisotopic (exact) mass is 281 g/mol. The molecule has 0 spiro atoms. The highest BCUT2D eigenvalue weighted by molar-refractivity contribution is 5.75. The lowest BCUT2D eigenvalue weighted by molar-refractivity contribution is -0.122. The van der Waals surface area contributed by atoms with Crippen LogP contribution in [0.15, 0.2) is 12.4 Å². The summed E-state index contributed by atoms with van der Waals surface area (Å²) in [5.74, 6) is -0.0154. The van der Waals surface area contributed by atoms with Crippen LogP contribution in [-0.4, -0.2) is 27.3 Å². The Morgan fingerprint density at radius 3 is 2.55 bits per heavy atom. The Bertz CT molecular complexity index is 444. The number of nitrogens with one attached hydrogen (secondary N) is 1. The maximum absolute atomic E-state index is 11.8. The number of carbonyl (C=O) groups excluding carboxylic acids is 1. The first-order valence-electron chi connectivity index (χ1n) is 7.08. The number of amides is 1. The van der Waals surface area contributed by atoms with E-state index in [1.807, 2.05) is 0 Å². The van der Waals surface area contributed by atoms with Crippen LogP contribution in [0.25, 0.3) is 0 Å². The summed E-state index contributed by atoms with van der Waals surface area (Å²) in [4.78, 5) is 11.8. The van der Waals surface area contributed by atoms with Crippen LogP contribution in [0.1, 0.15) is 52.5 Å². The fourth-order valence-electron chi connectivity index (χ4n) is 1.94. The van der Waals surface area contributed by atoms with Crippen LogP contribution < -0.4 is 5.32 Å². The zero-order valence-corrected chi connectivity index (χ0v) is 13.2. The summed E-state index contributed by atoms with van der Waals surface area (Å²) < 4.78 is 1.63. The Labute approximate surface area is 121 Å². The van der Waals surface area contributed by atoms with Gasteiger partial charge in [0.1, 0.15) is 5.60 Å². The summed E-state index contributed by atoms with van der Waals surface area (Å²) in [5, 5.41) is 17.2. The molecule has 1 aromatic heterocycles. The second-order valence-electron chi connectivity index (χ2n) is 6.87. The van der Waals surface area contributed by atoms with Gasteiger partial charge < -0.3 is 10.4 Å². The maximum Gasteiger partial charge on any atom is 0.220 e. The zero-order chi connectivity index (χ0) is 15.4. The molecule has 114 valence electrons. The first-order valence-corrected chi connectivity index (χ1v) is 7.08. The molecule has 0 aromatic carbocycles. The quantitative estimate of drug-likeness (QED) is 0.837. The van der Waals surface area contributed by atoms with Gasteiger partial charge in [-0.2, -0.15) is 5.10 Å². The number of carbonyl (C=O) groups is 1. The summed E-state index contributed by atoms with van der Waals surface area (Å²) in [6.45, 7) is 8.38. The molecule has 0 fully saturated rings. The molecule has 1 heterocycles. The number of nitrogens with zero attached hydrogens (tertiary/aromatic N) is 2. The van der Waals surface area contributed by atoms with Gasteiger partial charge in [-0.15, -0.1) is 0 Å². The summed E-state index contributed by atoms with van der Waals surface area (Å²) in [6.07, 6.45) is 5.75. The van der Waals surface area contributed by atoms with E-state index in [9.17, 15) is 9.90 Å². The van der Waals surface area contributed by atoms with E-state index in [0.717, 1.165) is 12.8 Å². The zero-order valence-electron chi connectivity index (χ0n) is 13.2. The Morgan fingerprint density at radius 2 is 2.05 bits per heavy atom. The number of aromatic nitrogens is 2. The van der Waals surface area contributed by atoms with Crippen LogP contribution in [0.5, 0.6) is 0 Å². The third kappa shape index (κ3) is 5.74. The van der Waals surface area contributed by atoms with E-state index in [1.54, 1.807) is 31.0 Å². The lowest BCUT2D eigenvalue weighted by Gasteiger charge is -2.22. The van der Waals surface area contributed by atoms with Crippen molar-refractivity contribution in [2.75, 3.05) is 6.54 Å². The molecule has 0 radical (unpaired) electrons. The molecule has 0 aliphatic heterocycles. The molecule has 0 aliphatic rings. The molecule has 5 heteroatoms. The largest absolute Gasteiger partial charge is 0.383 e. The van der Waals surface area contributed by atoms with E-state index in [4.69, 9.17) is 0 Å². The van der Waals surface area contributed by atoms with Gasteiger partial charge >= 0.3 is 0 Å². The van der Waals surface area contributed by atoms with Crippen molar-refractivity contribution in [1.82, 2.24) is 15.1 Å². The number of aryl methyl sites for hydroxylation is 1. The van der Waals surface area contributed by atoms with E-state index in [-0.39, 0.29) is 17.9 Å². The van der Waals surface area contributed by atoms with Gasteiger partial charge in [-0.1, -0.05) is 20.8 Å². The van der Waals surface area contributed by atoms with Gasteiger partial charge in [0.25, 0.3) is 0 Å².